The van der Waals surface area contributed by atoms with Gasteiger partial charge >= 0.3 is 0 Å². The molecule has 1 rings (SSSR count). The maximum Gasteiger partial charge on any atom is 0.0572 e. The second-order valence-corrected chi connectivity index (χ2v) is 4.32. The Morgan fingerprint density at radius 2 is 1.92 bits per heavy atom. The van der Waals surface area contributed by atoms with E-state index in [0.717, 1.165) is 11.8 Å². The minimum atomic E-state index is 0.602. The summed E-state index contributed by atoms with van der Waals surface area (Å²) in [6, 6.07) is 0.602. The molecule has 13 heavy (non-hydrogen) atoms. The molecule has 0 aliphatic heterocycles. The molecule has 1 saturated carbocycles. The number of hydrogen-bond acceptors (Lipinski definition) is 2. The normalized spacial score (nSPS) is 31.6. The van der Waals surface area contributed by atoms with Gasteiger partial charge < -0.3 is 4.84 Å². The van der Waals surface area contributed by atoms with Crippen LogP contribution in [-0.4, -0.2) is 13.2 Å². The van der Waals surface area contributed by atoms with Crippen LogP contribution in [0.4, 0.5) is 0 Å². The lowest BCUT2D eigenvalue weighted by atomic mass is 9.78. The molecule has 0 bridgehead atoms. The van der Waals surface area contributed by atoms with Crippen LogP contribution < -0.4 is 5.48 Å². The van der Waals surface area contributed by atoms with Gasteiger partial charge in [0.2, 0.25) is 0 Å². The molecule has 1 fully saturated rings. The molecule has 1 unspecified atom stereocenters. The first-order valence-electron chi connectivity index (χ1n) is 5.56. The van der Waals surface area contributed by atoms with Crippen LogP contribution in [0.5, 0.6) is 0 Å². The van der Waals surface area contributed by atoms with Crippen LogP contribution in [0.3, 0.4) is 0 Å². The monoisotopic (exact) mass is 185 g/mol. The van der Waals surface area contributed by atoms with Gasteiger partial charge in [0.05, 0.1) is 7.11 Å². The molecule has 2 nitrogen and oxygen atoms in total. The van der Waals surface area contributed by atoms with Crippen LogP contribution in [-0.2, 0) is 4.84 Å². The molecule has 1 aliphatic carbocycles. The molecular formula is C11H23NO. The van der Waals surface area contributed by atoms with Gasteiger partial charge in [-0.05, 0) is 37.5 Å². The summed E-state index contributed by atoms with van der Waals surface area (Å²) in [5.74, 6) is 1.86. The van der Waals surface area contributed by atoms with E-state index in [4.69, 9.17) is 4.84 Å². The summed E-state index contributed by atoms with van der Waals surface area (Å²) >= 11 is 0. The fraction of sp³-hybridized carbons (Fsp3) is 1.00. The third kappa shape index (κ3) is 3.28. The average molecular weight is 185 g/mol. The molecule has 1 aliphatic rings. The highest BCUT2D eigenvalue weighted by Crippen LogP contribution is 2.31. The van der Waals surface area contributed by atoms with Crippen molar-refractivity contribution in [3.63, 3.8) is 0 Å². The lowest BCUT2D eigenvalue weighted by molar-refractivity contribution is 0.0393. The quantitative estimate of drug-likeness (QED) is 0.680. The van der Waals surface area contributed by atoms with Crippen molar-refractivity contribution >= 4 is 0 Å². The second-order valence-electron chi connectivity index (χ2n) is 4.32. The molecule has 0 aromatic heterocycles. The van der Waals surface area contributed by atoms with Gasteiger partial charge in [0.15, 0.2) is 0 Å². The largest absolute Gasteiger partial charge is 0.305 e. The second kappa shape index (κ2) is 5.61. The van der Waals surface area contributed by atoms with Gasteiger partial charge in [-0.3, -0.25) is 0 Å². The average Bonchev–Trinajstić information content (AvgIpc) is 2.18. The van der Waals surface area contributed by atoms with Crippen LogP contribution in [0.2, 0.25) is 0 Å². The maximum atomic E-state index is 4.95. The van der Waals surface area contributed by atoms with Crippen molar-refractivity contribution in [2.45, 2.75) is 52.0 Å². The van der Waals surface area contributed by atoms with E-state index in [1.54, 1.807) is 7.11 Å². The van der Waals surface area contributed by atoms with Gasteiger partial charge in [0, 0.05) is 6.04 Å². The SMILES string of the molecule is CCC(C)C1CCC(NOC)CC1. The van der Waals surface area contributed by atoms with Crippen LogP contribution in [0, 0.1) is 11.8 Å². The third-order valence-corrected chi connectivity index (χ3v) is 3.51. The van der Waals surface area contributed by atoms with E-state index in [-0.39, 0.29) is 0 Å². The minimum absolute atomic E-state index is 0.602. The molecule has 0 spiro atoms. The molecular weight excluding hydrogens is 162 g/mol. The Labute approximate surface area is 82.0 Å². The molecule has 0 aromatic rings. The van der Waals surface area contributed by atoms with Crippen molar-refractivity contribution in [1.82, 2.24) is 5.48 Å². The highest BCUT2D eigenvalue weighted by atomic mass is 16.6. The Kier molecular flexibility index (Phi) is 4.74. The number of nitrogens with one attached hydrogen (secondary N) is 1. The van der Waals surface area contributed by atoms with Gasteiger partial charge in [0.1, 0.15) is 0 Å². The summed E-state index contributed by atoms with van der Waals surface area (Å²) in [5.41, 5.74) is 3.06. The summed E-state index contributed by atoms with van der Waals surface area (Å²) < 4.78 is 0. The van der Waals surface area contributed by atoms with Crippen molar-refractivity contribution in [1.29, 1.82) is 0 Å². The van der Waals surface area contributed by atoms with Crippen molar-refractivity contribution < 1.29 is 4.84 Å². The Bertz CT molecular complexity index is 130. The van der Waals surface area contributed by atoms with E-state index in [2.05, 4.69) is 19.3 Å². The molecule has 0 amide bonds. The van der Waals surface area contributed by atoms with Crippen LogP contribution in [0.15, 0.2) is 0 Å². The zero-order valence-corrected chi connectivity index (χ0v) is 9.18. The number of hydrogen-bond donors (Lipinski definition) is 1. The van der Waals surface area contributed by atoms with Crippen molar-refractivity contribution in [3.8, 4) is 0 Å². The third-order valence-electron chi connectivity index (χ3n) is 3.51. The predicted octanol–water partition coefficient (Wildman–Crippen LogP) is 2.74. The standard InChI is InChI=1S/C11H23NO/c1-4-9(2)10-5-7-11(8-6-10)12-13-3/h9-12H,4-8H2,1-3H3. The molecule has 0 saturated heterocycles. The zero-order valence-electron chi connectivity index (χ0n) is 9.18. The van der Waals surface area contributed by atoms with Crippen molar-refractivity contribution in [2.24, 2.45) is 11.8 Å². The van der Waals surface area contributed by atoms with Gasteiger partial charge in [-0.25, -0.2) is 0 Å². The van der Waals surface area contributed by atoms with Gasteiger partial charge in [0.25, 0.3) is 0 Å². The van der Waals surface area contributed by atoms with Crippen LogP contribution >= 0.6 is 0 Å². The lowest BCUT2D eigenvalue weighted by Gasteiger charge is -2.31. The molecule has 2 heteroatoms. The fourth-order valence-corrected chi connectivity index (χ4v) is 2.31. The zero-order chi connectivity index (χ0) is 9.68. The number of hydroxylamine groups is 1. The van der Waals surface area contributed by atoms with Gasteiger partial charge in [-0.15, -0.1) is 0 Å². The van der Waals surface area contributed by atoms with Gasteiger partial charge in [-0.2, -0.15) is 5.48 Å². The first-order valence-corrected chi connectivity index (χ1v) is 5.56. The highest BCUT2D eigenvalue weighted by Gasteiger charge is 2.23. The van der Waals surface area contributed by atoms with Crippen molar-refractivity contribution in [2.75, 3.05) is 7.11 Å². The first kappa shape index (κ1) is 11.0. The molecule has 0 radical (unpaired) electrons. The summed E-state index contributed by atoms with van der Waals surface area (Å²) in [6.07, 6.45) is 6.63. The number of rotatable bonds is 4. The Morgan fingerprint density at radius 3 is 2.38 bits per heavy atom. The summed E-state index contributed by atoms with van der Waals surface area (Å²) in [7, 11) is 1.71. The smallest absolute Gasteiger partial charge is 0.0572 e. The van der Waals surface area contributed by atoms with Crippen LogP contribution in [0.1, 0.15) is 46.0 Å². The van der Waals surface area contributed by atoms with E-state index < -0.39 is 0 Å². The molecule has 0 heterocycles. The minimum Gasteiger partial charge on any atom is -0.305 e. The van der Waals surface area contributed by atoms with Crippen molar-refractivity contribution in [3.05, 3.63) is 0 Å². The summed E-state index contributed by atoms with van der Waals surface area (Å²) in [4.78, 5) is 4.95. The molecule has 1 N–H and O–H groups in total. The van der Waals surface area contributed by atoms with E-state index in [1.165, 1.54) is 32.1 Å². The molecule has 0 aromatic carbocycles. The first-order chi connectivity index (χ1) is 6.27. The van der Waals surface area contributed by atoms with E-state index >= 15 is 0 Å². The Hall–Kier alpha value is -0.0800. The van der Waals surface area contributed by atoms with E-state index in [9.17, 15) is 0 Å². The van der Waals surface area contributed by atoms with E-state index in [0.29, 0.717) is 6.04 Å². The fourth-order valence-electron chi connectivity index (χ4n) is 2.31. The highest BCUT2D eigenvalue weighted by molar-refractivity contribution is 4.77. The Balaban J connectivity index is 2.22. The van der Waals surface area contributed by atoms with E-state index in [1.807, 2.05) is 0 Å². The van der Waals surface area contributed by atoms with Crippen LogP contribution in [0.25, 0.3) is 0 Å². The van der Waals surface area contributed by atoms with Gasteiger partial charge in [-0.1, -0.05) is 20.3 Å². The maximum absolute atomic E-state index is 4.95. The molecule has 78 valence electrons. The predicted molar refractivity (Wildman–Crippen MR) is 55.3 cm³/mol. The summed E-state index contributed by atoms with van der Waals surface area (Å²) in [6.45, 7) is 4.68. The summed E-state index contributed by atoms with van der Waals surface area (Å²) in [5, 5.41) is 0. The lowest BCUT2D eigenvalue weighted by Crippen LogP contribution is -2.33. The topological polar surface area (TPSA) is 21.3 Å². The Morgan fingerprint density at radius 1 is 1.31 bits per heavy atom. The molecule has 1 atom stereocenters.